The summed E-state index contributed by atoms with van der Waals surface area (Å²) < 4.78 is 0. The Kier molecular flexibility index (Phi) is 6.08. The molecule has 0 saturated heterocycles. The van der Waals surface area contributed by atoms with Crippen LogP contribution in [0.1, 0.15) is 29.0 Å². The first-order valence-corrected chi connectivity index (χ1v) is 9.03. The quantitative estimate of drug-likeness (QED) is 0.677. The fraction of sp³-hybridized carbons (Fsp3) is 0.238. The van der Waals surface area contributed by atoms with E-state index in [9.17, 15) is 4.79 Å². The molecule has 0 spiro atoms. The number of nitrogens with one attached hydrogen (secondary N) is 1. The van der Waals surface area contributed by atoms with Crippen LogP contribution < -0.4 is 0 Å². The molecule has 0 radical (unpaired) electrons. The van der Waals surface area contributed by atoms with Crippen molar-refractivity contribution >= 4 is 17.5 Å². The molecule has 26 heavy (non-hydrogen) atoms. The minimum absolute atomic E-state index is 0.0114. The van der Waals surface area contributed by atoms with Crippen molar-refractivity contribution in [1.29, 1.82) is 0 Å². The first-order chi connectivity index (χ1) is 12.6. The topological polar surface area (TPSA) is 49.0 Å². The van der Waals surface area contributed by atoms with Gasteiger partial charge in [0.05, 0.1) is 6.20 Å². The Morgan fingerprint density at radius 1 is 1.12 bits per heavy atom. The Balaban J connectivity index is 1.72. The van der Waals surface area contributed by atoms with E-state index < -0.39 is 0 Å². The van der Waals surface area contributed by atoms with Gasteiger partial charge in [0, 0.05) is 37.2 Å². The van der Waals surface area contributed by atoms with Gasteiger partial charge in [-0.3, -0.25) is 9.89 Å². The van der Waals surface area contributed by atoms with Crippen LogP contribution in [0.2, 0.25) is 5.02 Å². The van der Waals surface area contributed by atoms with E-state index in [2.05, 4.69) is 22.3 Å². The van der Waals surface area contributed by atoms with E-state index in [1.54, 1.807) is 11.1 Å². The van der Waals surface area contributed by atoms with Crippen molar-refractivity contribution in [3.05, 3.63) is 88.7 Å². The second-order valence-electron chi connectivity index (χ2n) is 6.39. The molecular formula is C21H22ClN3O. The molecule has 0 bridgehead atoms. The molecule has 1 amide bonds. The summed E-state index contributed by atoms with van der Waals surface area (Å²) in [6, 6.07) is 17.9. The number of carbonyl (C=O) groups excluding carboxylic acids is 1. The van der Waals surface area contributed by atoms with Crippen LogP contribution in [0.3, 0.4) is 0 Å². The third-order valence-electron chi connectivity index (χ3n) is 4.57. The molecule has 2 aromatic carbocycles. The van der Waals surface area contributed by atoms with Gasteiger partial charge in [0.2, 0.25) is 5.91 Å². The molecule has 1 aromatic heterocycles. The van der Waals surface area contributed by atoms with Crippen LogP contribution >= 0.6 is 11.6 Å². The molecule has 134 valence electrons. The Bertz CT molecular complexity index is 816. The summed E-state index contributed by atoms with van der Waals surface area (Å²) in [6.07, 6.45) is 4.86. The molecule has 0 aliphatic carbocycles. The number of amides is 1. The summed E-state index contributed by atoms with van der Waals surface area (Å²) in [4.78, 5) is 14.6. The number of hydrogen-bond donors (Lipinski definition) is 1. The van der Waals surface area contributed by atoms with E-state index in [0.717, 1.165) is 23.1 Å². The van der Waals surface area contributed by atoms with Crippen molar-refractivity contribution in [2.75, 3.05) is 13.6 Å². The summed E-state index contributed by atoms with van der Waals surface area (Å²) >= 11 is 6.03. The minimum atomic E-state index is 0.0114. The van der Waals surface area contributed by atoms with Gasteiger partial charge in [0.1, 0.15) is 0 Å². The zero-order valence-electron chi connectivity index (χ0n) is 14.7. The number of aromatic amines is 1. The molecule has 1 heterocycles. The normalized spacial score (nSPS) is 11.9. The molecule has 4 nitrogen and oxygen atoms in total. The van der Waals surface area contributed by atoms with Crippen LogP contribution in [0, 0.1) is 0 Å². The lowest BCUT2D eigenvalue weighted by molar-refractivity contribution is -0.130. The van der Waals surface area contributed by atoms with E-state index in [4.69, 9.17) is 11.6 Å². The number of carbonyl (C=O) groups is 1. The van der Waals surface area contributed by atoms with Gasteiger partial charge in [-0.05, 0) is 35.2 Å². The van der Waals surface area contributed by atoms with Crippen molar-refractivity contribution in [3.8, 4) is 0 Å². The van der Waals surface area contributed by atoms with Gasteiger partial charge in [-0.15, -0.1) is 0 Å². The standard InChI is InChI=1S/C21H22ClN3O/c1-25(12-11-16-14-23-24-15-16)21(26)13-20(17-5-3-2-4-6-17)18-7-9-19(22)10-8-18/h2-10,14-15,20H,11-13H2,1H3,(H,23,24)/t20-/m0/s1. The highest BCUT2D eigenvalue weighted by Gasteiger charge is 2.20. The highest BCUT2D eigenvalue weighted by atomic mass is 35.5. The Labute approximate surface area is 158 Å². The molecular weight excluding hydrogens is 346 g/mol. The smallest absolute Gasteiger partial charge is 0.223 e. The number of H-pyrrole nitrogens is 1. The van der Waals surface area contributed by atoms with Crippen molar-refractivity contribution < 1.29 is 4.79 Å². The molecule has 0 aliphatic rings. The third-order valence-corrected chi connectivity index (χ3v) is 4.82. The summed E-state index contributed by atoms with van der Waals surface area (Å²) in [5.41, 5.74) is 3.32. The second-order valence-corrected chi connectivity index (χ2v) is 6.83. The van der Waals surface area contributed by atoms with E-state index >= 15 is 0 Å². The van der Waals surface area contributed by atoms with Gasteiger partial charge < -0.3 is 4.90 Å². The van der Waals surface area contributed by atoms with E-state index in [-0.39, 0.29) is 11.8 Å². The van der Waals surface area contributed by atoms with E-state index in [1.165, 1.54) is 0 Å². The largest absolute Gasteiger partial charge is 0.345 e. The molecule has 0 aliphatic heterocycles. The summed E-state index contributed by atoms with van der Waals surface area (Å²) in [5.74, 6) is 0.134. The first-order valence-electron chi connectivity index (χ1n) is 8.65. The zero-order valence-corrected chi connectivity index (χ0v) is 15.5. The number of likely N-dealkylation sites (N-methyl/N-ethyl adjacent to an activating group) is 1. The third kappa shape index (κ3) is 4.73. The fourth-order valence-electron chi connectivity index (χ4n) is 2.97. The predicted molar refractivity (Wildman–Crippen MR) is 104 cm³/mol. The van der Waals surface area contributed by atoms with Crippen molar-refractivity contribution in [2.45, 2.75) is 18.8 Å². The van der Waals surface area contributed by atoms with Crippen LogP contribution in [-0.2, 0) is 11.2 Å². The monoisotopic (exact) mass is 367 g/mol. The maximum atomic E-state index is 12.8. The van der Waals surface area contributed by atoms with Crippen LogP contribution in [0.25, 0.3) is 0 Å². The predicted octanol–water partition coefficient (Wildman–Crippen LogP) is 4.29. The average Bonchev–Trinajstić information content (AvgIpc) is 3.19. The van der Waals surface area contributed by atoms with E-state index in [0.29, 0.717) is 18.0 Å². The fourth-order valence-corrected chi connectivity index (χ4v) is 3.10. The number of nitrogens with zero attached hydrogens (tertiary/aromatic N) is 2. The summed E-state index contributed by atoms with van der Waals surface area (Å²) in [6.45, 7) is 0.667. The van der Waals surface area contributed by atoms with Crippen LogP contribution in [0.4, 0.5) is 0 Å². The summed E-state index contributed by atoms with van der Waals surface area (Å²) in [7, 11) is 1.85. The highest BCUT2D eigenvalue weighted by molar-refractivity contribution is 6.30. The van der Waals surface area contributed by atoms with Crippen LogP contribution in [0.5, 0.6) is 0 Å². The van der Waals surface area contributed by atoms with Gasteiger partial charge >= 0.3 is 0 Å². The van der Waals surface area contributed by atoms with Gasteiger partial charge in [0.25, 0.3) is 0 Å². The molecule has 0 fully saturated rings. The van der Waals surface area contributed by atoms with Crippen molar-refractivity contribution in [3.63, 3.8) is 0 Å². The molecule has 0 unspecified atom stereocenters. The average molecular weight is 368 g/mol. The van der Waals surface area contributed by atoms with Crippen molar-refractivity contribution in [1.82, 2.24) is 15.1 Å². The number of rotatable bonds is 7. The van der Waals surface area contributed by atoms with Gasteiger partial charge in [-0.1, -0.05) is 54.1 Å². The first kappa shape index (κ1) is 18.2. The Morgan fingerprint density at radius 3 is 2.46 bits per heavy atom. The maximum Gasteiger partial charge on any atom is 0.223 e. The Morgan fingerprint density at radius 2 is 1.81 bits per heavy atom. The molecule has 0 saturated carbocycles. The molecule has 1 N–H and O–H groups in total. The van der Waals surface area contributed by atoms with Crippen molar-refractivity contribution in [2.24, 2.45) is 0 Å². The highest BCUT2D eigenvalue weighted by Crippen LogP contribution is 2.29. The summed E-state index contributed by atoms with van der Waals surface area (Å²) in [5, 5.41) is 7.44. The maximum absolute atomic E-state index is 12.8. The van der Waals surface area contributed by atoms with Crippen LogP contribution in [0.15, 0.2) is 67.0 Å². The zero-order chi connectivity index (χ0) is 18.4. The lowest BCUT2D eigenvalue weighted by Crippen LogP contribution is -2.30. The molecule has 3 aromatic rings. The minimum Gasteiger partial charge on any atom is -0.345 e. The second kappa shape index (κ2) is 8.68. The van der Waals surface area contributed by atoms with Gasteiger partial charge in [0.15, 0.2) is 0 Å². The Hall–Kier alpha value is -2.59. The number of hydrogen-bond acceptors (Lipinski definition) is 2. The lowest BCUT2D eigenvalue weighted by Gasteiger charge is -2.22. The van der Waals surface area contributed by atoms with E-state index in [1.807, 2.05) is 55.7 Å². The lowest BCUT2D eigenvalue weighted by atomic mass is 9.88. The SMILES string of the molecule is CN(CCc1cn[nH]c1)C(=O)C[C@@H](c1ccccc1)c1ccc(Cl)cc1. The molecule has 3 rings (SSSR count). The molecule has 1 atom stereocenters. The number of benzene rings is 2. The van der Waals surface area contributed by atoms with Gasteiger partial charge in [-0.25, -0.2) is 0 Å². The number of aromatic nitrogens is 2. The number of halogens is 1. The molecule has 5 heteroatoms. The van der Waals surface area contributed by atoms with Gasteiger partial charge in [-0.2, -0.15) is 5.10 Å². The van der Waals surface area contributed by atoms with Crippen LogP contribution in [-0.4, -0.2) is 34.6 Å².